The summed E-state index contributed by atoms with van der Waals surface area (Å²) in [5, 5.41) is 0. The number of halogens is 9. The van der Waals surface area contributed by atoms with Crippen molar-refractivity contribution in [1.82, 2.24) is 4.90 Å². The first-order valence-corrected chi connectivity index (χ1v) is 13.5. The molecule has 220 valence electrons. The number of hydrogen-bond acceptors (Lipinski definition) is 5. The number of carbonyl (C=O) groups is 1. The number of amides is 1. The SMILES string of the molecule is O=C(C=Cc1ccc(Sc2cccc(NS(=O)(=O)CC(F)(F)F)c2)c(C(F)(F)F)c1C(F)(F)F)N1CCOCC1. The summed E-state index contributed by atoms with van der Waals surface area (Å²) in [5.74, 6) is -2.94. The quantitative estimate of drug-likeness (QED) is 0.301. The third-order valence-electron chi connectivity index (χ3n) is 5.18. The van der Waals surface area contributed by atoms with Gasteiger partial charge in [-0.25, -0.2) is 8.42 Å². The molecule has 0 radical (unpaired) electrons. The van der Waals surface area contributed by atoms with Crippen molar-refractivity contribution in [2.45, 2.75) is 28.3 Å². The van der Waals surface area contributed by atoms with Crippen molar-refractivity contribution in [3.8, 4) is 0 Å². The molecule has 0 aromatic heterocycles. The van der Waals surface area contributed by atoms with E-state index >= 15 is 0 Å². The van der Waals surface area contributed by atoms with Gasteiger partial charge in [-0.2, -0.15) is 39.5 Å². The Morgan fingerprint density at radius 2 is 1.57 bits per heavy atom. The third-order valence-corrected chi connectivity index (χ3v) is 7.49. The van der Waals surface area contributed by atoms with Crippen LogP contribution in [0.3, 0.4) is 0 Å². The highest BCUT2D eigenvalue weighted by Crippen LogP contribution is 2.48. The van der Waals surface area contributed by atoms with Crippen LogP contribution in [0.4, 0.5) is 45.2 Å². The lowest BCUT2D eigenvalue weighted by Gasteiger charge is -2.25. The Balaban J connectivity index is 2.00. The van der Waals surface area contributed by atoms with E-state index in [9.17, 15) is 52.7 Å². The number of sulfonamides is 1. The van der Waals surface area contributed by atoms with Crippen molar-refractivity contribution >= 4 is 39.5 Å². The Morgan fingerprint density at radius 3 is 2.15 bits per heavy atom. The van der Waals surface area contributed by atoms with Crippen LogP contribution in [0, 0.1) is 0 Å². The second-order valence-electron chi connectivity index (χ2n) is 8.28. The third kappa shape index (κ3) is 8.79. The van der Waals surface area contributed by atoms with Gasteiger partial charge in [0.2, 0.25) is 15.9 Å². The molecule has 0 saturated carbocycles. The number of anilines is 1. The number of rotatable bonds is 7. The summed E-state index contributed by atoms with van der Waals surface area (Å²) in [5.41, 5.74) is -5.45. The Kier molecular flexibility index (Phi) is 9.40. The van der Waals surface area contributed by atoms with Gasteiger partial charge in [0.15, 0.2) is 5.75 Å². The first-order valence-electron chi connectivity index (χ1n) is 11.1. The Labute approximate surface area is 226 Å². The van der Waals surface area contributed by atoms with E-state index in [0.717, 1.165) is 42.5 Å². The number of nitrogens with zero attached hydrogens (tertiary/aromatic N) is 1. The second kappa shape index (κ2) is 11.9. The van der Waals surface area contributed by atoms with Crippen LogP contribution in [-0.4, -0.2) is 57.5 Å². The maximum atomic E-state index is 14.0. The summed E-state index contributed by atoms with van der Waals surface area (Å²) in [4.78, 5) is 12.4. The standard InChI is InChI=1S/C23H19F9N2O4S2/c24-21(25,26)13-40(36,37)33-15-2-1-3-16(12-15)39-17-6-4-14(5-7-18(35)34-8-10-38-11-9-34)19(22(27,28)29)20(17)23(30,31)32/h1-7,12,33H,8-11,13H2. The zero-order valence-corrected chi connectivity index (χ0v) is 21.6. The summed E-state index contributed by atoms with van der Waals surface area (Å²) >= 11 is 0.190. The molecule has 40 heavy (non-hydrogen) atoms. The molecule has 1 N–H and O–H groups in total. The molecule has 3 rings (SSSR count). The van der Waals surface area contributed by atoms with Gasteiger partial charge in [0, 0.05) is 34.6 Å². The van der Waals surface area contributed by atoms with Gasteiger partial charge in [0.1, 0.15) is 0 Å². The largest absolute Gasteiger partial charge is 0.418 e. The van der Waals surface area contributed by atoms with Crippen LogP contribution in [0.5, 0.6) is 0 Å². The first-order chi connectivity index (χ1) is 18.4. The Bertz CT molecular complexity index is 1370. The molecule has 1 fully saturated rings. The van der Waals surface area contributed by atoms with Crippen molar-refractivity contribution in [3.05, 3.63) is 59.2 Å². The molecule has 1 aliphatic rings. The molecule has 0 unspecified atom stereocenters. The van der Waals surface area contributed by atoms with E-state index in [0.29, 0.717) is 6.08 Å². The maximum Gasteiger partial charge on any atom is 0.418 e. The second-order valence-corrected chi connectivity index (χ2v) is 11.1. The number of alkyl halides is 9. The van der Waals surface area contributed by atoms with Gasteiger partial charge in [0.25, 0.3) is 0 Å². The minimum absolute atomic E-state index is 0.157. The van der Waals surface area contributed by atoms with Crippen LogP contribution >= 0.6 is 11.8 Å². The van der Waals surface area contributed by atoms with Crippen LogP contribution in [0.15, 0.2) is 52.3 Å². The molecule has 2 aromatic carbocycles. The number of morpholine rings is 1. The van der Waals surface area contributed by atoms with Crippen molar-refractivity contribution in [2.24, 2.45) is 0 Å². The highest BCUT2D eigenvalue weighted by Gasteiger charge is 2.46. The molecule has 17 heteroatoms. The van der Waals surface area contributed by atoms with Crippen LogP contribution in [-0.2, 0) is 31.9 Å². The van der Waals surface area contributed by atoms with Gasteiger partial charge in [-0.1, -0.05) is 23.9 Å². The minimum Gasteiger partial charge on any atom is -0.378 e. The molecule has 1 amide bonds. The lowest BCUT2D eigenvalue weighted by atomic mass is 9.99. The van der Waals surface area contributed by atoms with Gasteiger partial charge in [0.05, 0.1) is 24.3 Å². The van der Waals surface area contributed by atoms with E-state index in [4.69, 9.17) is 4.74 Å². The van der Waals surface area contributed by atoms with Gasteiger partial charge in [-0.05, 0) is 35.9 Å². The van der Waals surface area contributed by atoms with Crippen LogP contribution in [0.1, 0.15) is 16.7 Å². The number of hydrogen-bond donors (Lipinski definition) is 1. The van der Waals surface area contributed by atoms with Crippen molar-refractivity contribution < 1.29 is 57.5 Å². The summed E-state index contributed by atoms with van der Waals surface area (Å²) in [6.45, 7) is 0.708. The Hall–Kier alpha value is -2.92. The molecule has 0 bridgehead atoms. The highest BCUT2D eigenvalue weighted by atomic mass is 32.2. The fraction of sp³-hybridized carbons (Fsp3) is 0.348. The van der Waals surface area contributed by atoms with Crippen molar-refractivity contribution in [2.75, 3.05) is 36.8 Å². The average molecular weight is 623 g/mol. The molecular weight excluding hydrogens is 603 g/mol. The van der Waals surface area contributed by atoms with E-state index in [1.165, 1.54) is 4.90 Å². The number of nitrogens with one attached hydrogen (secondary N) is 1. The van der Waals surface area contributed by atoms with Crippen LogP contribution in [0.2, 0.25) is 0 Å². The summed E-state index contributed by atoms with van der Waals surface area (Å²) < 4.78 is 152. The maximum absolute atomic E-state index is 14.0. The summed E-state index contributed by atoms with van der Waals surface area (Å²) in [7, 11) is -4.93. The van der Waals surface area contributed by atoms with E-state index < -0.39 is 67.5 Å². The lowest BCUT2D eigenvalue weighted by Crippen LogP contribution is -2.39. The number of benzene rings is 2. The fourth-order valence-corrected chi connectivity index (χ4v) is 5.67. The Morgan fingerprint density at radius 1 is 0.950 bits per heavy atom. The van der Waals surface area contributed by atoms with Gasteiger partial charge >= 0.3 is 18.5 Å². The molecule has 0 spiro atoms. The molecular formula is C23H19F9N2O4S2. The highest BCUT2D eigenvalue weighted by molar-refractivity contribution is 7.99. The average Bonchev–Trinajstić information content (AvgIpc) is 2.80. The predicted octanol–water partition coefficient (Wildman–Crippen LogP) is 6.05. The zero-order chi connectivity index (χ0) is 29.9. The molecule has 0 aliphatic carbocycles. The minimum atomic E-state index is -5.52. The van der Waals surface area contributed by atoms with E-state index in [1.54, 1.807) is 4.72 Å². The van der Waals surface area contributed by atoms with E-state index in [2.05, 4.69) is 0 Å². The predicted molar refractivity (Wildman–Crippen MR) is 127 cm³/mol. The first kappa shape index (κ1) is 31.6. The van der Waals surface area contributed by atoms with Crippen LogP contribution < -0.4 is 4.72 Å². The zero-order valence-electron chi connectivity index (χ0n) is 20.0. The van der Waals surface area contributed by atoms with Crippen molar-refractivity contribution in [1.29, 1.82) is 0 Å². The van der Waals surface area contributed by atoms with Gasteiger partial charge in [-0.3, -0.25) is 9.52 Å². The number of ether oxygens (including phenoxy) is 1. The van der Waals surface area contributed by atoms with E-state index in [-0.39, 0.29) is 43.0 Å². The van der Waals surface area contributed by atoms with Crippen LogP contribution in [0.25, 0.3) is 6.08 Å². The van der Waals surface area contributed by atoms with Crippen molar-refractivity contribution in [3.63, 3.8) is 0 Å². The fourth-order valence-electron chi connectivity index (χ4n) is 3.64. The van der Waals surface area contributed by atoms with Gasteiger partial charge < -0.3 is 9.64 Å². The molecule has 6 nitrogen and oxygen atoms in total. The lowest BCUT2D eigenvalue weighted by molar-refractivity contribution is -0.163. The summed E-state index contributed by atoms with van der Waals surface area (Å²) in [6, 6.07) is 5.62. The number of carbonyl (C=O) groups excluding carboxylic acids is 1. The normalized spacial score (nSPS) is 15.5. The molecule has 1 saturated heterocycles. The topological polar surface area (TPSA) is 75.7 Å². The molecule has 1 aliphatic heterocycles. The molecule has 1 heterocycles. The van der Waals surface area contributed by atoms with E-state index in [1.807, 2.05) is 0 Å². The monoisotopic (exact) mass is 622 g/mol. The molecule has 0 atom stereocenters. The molecule has 2 aromatic rings. The smallest absolute Gasteiger partial charge is 0.378 e. The summed E-state index contributed by atoms with van der Waals surface area (Å²) in [6.07, 6.45) is -14.7. The van der Waals surface area contributed by atoms with Gasteiger partial charge in [-0.15, -0.1) is 0 Å².